The van der Waals surface area contributed by atoms with Gasteiger partial charge in [-0.1, -0.05) is 12.1 Å². The molecular weight excluding hydrogens is 663 g/mol. The van der Waals surface area contributed by atoms with Gasteiger partial charge in [-0.3, -0.25) is 24.0 Å². The van der Waals surface area contributed by atoms with Crippen LogP contribution in [0.15, 0.2) is 72.9 Å². The number of rotatable bonds is 7. The first-order chi connectivity index (χ1) is 24.5. The number of carbonyl (C=O) groups is 3. The van der Waals surface area contributed by atoms with Crippen LogP contribution < -0.4 is 15.0 Å². The van der Waals surface area contributed by atoms with Crippen molar-refractivity contribution in [1.82, 2.24) is 19.6 Å². The van der Waals surface area contributed by atoms with Gasteiger partial charge in [0.25, 0.3) is 17.7 Å². The molecule has 0 saturated carbocycles. The third-order valence-electron chi connectivity index (χ3n) is 10.1. The molecule has 11 nitrogen and oxygen atoms in total. The van der Waals surface area contributed by atoms with Crippen molar-refractivity contribution in [2.45, 2.75) is 43.8 Å². The number of nitrogens with one attached hydrogen (secondary N) is 1. The van der Waals surface area contributed by atoms with E-state index in [0.29, 0.717) is 37.6 Å². The second-order valence-corrected chi connectivity index (χ2v) is 13.0. The Morgan fingerprint density at radius 3 is 2.25 bits per heavy atom. The maximum Gasteiger partial charge on any atom is 0.298 e. The SMILES string of the molecule is COc1ccc(C(=O)Nc2cnn3c2C(=O)N(c2ccc(C(F)(F)c4ccc(F)cc4)cc2)[C@H]2CN(C4CCN(C(C)=O)CC4)C[C@H]23)cc1C#N. The zero-order valence-electron chi connectivity index (χ0n) is 27.9. The fourth-order valence-corrected chi connectivity index (χ4v) is 7.42. The fourth-order valence-electron chi connectivity index (χ4n) is 7.42. The summed E-state index contributed by atoms with van der Waals surface area (Å²) in [5.74, 6) is -4.73. The number of nitriles is 1. The van der Waals surface area contributed by atoms with Gasteiger partial charge in [0.2, 0.25) is 5.91 Å². The molecule has 51 heavy (non-hydrogen) atoms. The number of hydrogen-bond donors (Lipinski definition) is 1. The number of piperidine rings is 1. The Hall–Kier alpha value is -5.68. The molecule has 3 aromatic carbocycles. The Morgan fingerprint density at radius 1 is 0.980 bits per heavy atom. The monoisotopic (exact) mass is 697 g/mol. The Labute approximate surface area is 291 Å². The van der Waals surface area contributed by atoms with Crippen LogP contribution in [0, 0.1) is 17.1 Å². The molecule has 4 aromatic rings. The smallest absolute Gasteiger partial charge is 0.298 e. The number of fused-ring (bicyclic) bond motifs is 3. The first-order valence-electron chi connectivity index (χ1n) is 16.5. The van der Waals surface area contributed by atoms with Gasteiger partial charge in [0.05, 0.1) is 36.6 Å². The van der Waals surface area contributed by atoms with E-state index in [9.17, 15) is 24.0 Å². The number of likely N-dealkylation sites (tertiary alicyclic amines) is 2. The van der Waals surface area contributed by atoms with Crippen molar-refractivity contribution in [2.75, 3.05) is 43.5 Å². The Bertz CT molecular complexity index is 2040. The molecule has 1 aromatic heterocycles. The molecule has 3 aliphatic heterocycles. The first kappa shape index (κ1) is 33.8. The maximum absolute atomic E-state index is 15.5. The van der Waals surface area contributed by atoms with Crippen molar-refractivity contribution >= 4 is 29.1 Å². The summed E-state index contributed by atoms with van der Waals surface area (Å²) in [6.45, 7) is 3.83. The number of nitrogens with zero attached hydrogens (tertiary/aromatic N) is 6. The number of hydrogen-bond acceptors (Lipinski definition) is 7. The molecule has 4 heterocycles. The molecule has 0 unspecified atom stereocenters. The summed E-state index contributed by atoms with van der Waals surface area (Å²) < 4.78 is 51.2. The highest BCUT2D eigenvalue weighted by molar-refractivity contribution is 6.13. The average molecular weight is 698 g/mol. The molecule has 0 spiro atoms. The summed E-state index contributed by atoms with van der Waals surface area (Å²) in [6, 6.07) is 15.3. The summed E-state index contributed by atoms with van der Waals surface area (Å²) in [5.41, 5.74) is 0.339. The second kappa shape index (κ2) is 13.2. The lowest BCUT2D eigenvalue weighted by Gasteiger charge is -2.38. The summed E-state index contributed by atoms with van der Waals surface area (Å²) in [6.07, 6.45) is 2.95. The van der Waals surface area contributed by atoms with Gasteiger partial charge in [0.1, 0.15) is 17.6 Å². The molecule has 0 bridgehead atoms. The van der Waals surface area contributed by atoms with E-state index >= 15 is 8.78 Å². The lowest BCUT2D eigenvalue weighted by Crippen LogP contribution is -2.51. The van der Waals surface area contributed by atoms with Crippen molar-refractivity contribution in [3.63, 3.8) is 0 Å². The van der Waals surface area contributed by atoms with Crippen molar-refractivity contribution < 1.29 is 32.3 Å². The van der Waals surface area contributed by atoms with Crippen LogP contribution in [0.2, 0.25) is 0 Å². The zero-order chi connectivity index (χ0) is 36.0. The molecule has 3 aliphatic rings. The number of ether oxygens (including phenoxy) is 1. The van der Waals surface area contributed by atoms with E-state index in [1.807, 2.05) is 11.0 Å². The van der Waals surface area contributed by atoms with Gasteiger partial charge in [-0.05, 0) is 67.4 Å². The topological polar surface area (TPSA) is 124 Å². The van der Waals surface area contributed by atoms with Crippen molar-refractivity contribution in [1.29, 1.82) is 5.26 Å². The van der Waals surface area contributed by atoms with Crippen LogP contribution in [0.25, 0.3) is 0 Å². The highest BCUT2D eigenvalue weighted by atomic mass is 19.3. The predicted molar refractivity (Wildman–Crippen MR) is 180 cm³/mol. The Balaban J connectivity index is 1.22. The van der Waals surface area contributed by atoms with Crippen LogP contribution in [0.1, 0.15) is 63.3 Å². The molecule has 0 aliphatic carbocycles. The van der Waals surface area contributed by atoms with Crippen LogP contribution in [0.3, 0.4) is 0 Å². The highest BCUT2D eigenvalue weighted by Crippen LogP contribution is 2.42. The molecule has 2 atom stereocenters. The quantitative estimate of drug-likeness (QED) is 0.282. The van der Waals surface area contributed by atoms with E-state index in [2.05, 4.69) is 15.3 Å². The van der Waals surface area contributed by atoms with E-state index in [-0.39, 0.29) is 51.6 Å². The fraction of sp³-hybridized carbons (Fsp3) is 0.324. The predicted octanol–water partition coefficient (Wildman–Crippen LogP) is 5.19. The van der Waals surface area contributed by atoms with Crippen molar-refractivity contribution in [2.24, 2.45) is 0 Å². The summed E-state index contributed by atoms with van der Waals surface area (Å²) in [5, 5.41) is 16.9. The number of carbonyl (C=O) groups excluding carboxylic acids is 3. The molecule has 14 heteroatoms. The lowest BCUT2D eigenvalue weighted by molar-refractivity contribution is -0.130. The Morgan fingerprint density at radius 2 is 1.63 bits per heavy atom. The van der Waals surface area contributed by atoms with E-state index in [1.165, 1.54) is 55.8 Å². The molecule has 3 amide bonds. The summed E-state index contributed by atoms with van der Waals surface area (Å²) in [4.78, 5) is 45.5. The van der Waals surface area contributed by atoms with Gasteiger partial charge in [0, 0.05) is 61.5 Å². The standard InChI is InChI=1S/C37H34F3N7O4/c1-22(48)44-15-13-28(14-16-44)45-20-31-32(21-45)47-34(30(19-42-47)43-35(49)23-3-12-33(51-2)24(17-23)18-41)36(50)46(31)29-10-6-26(7-11-29)37(39,40)25-4-8-27(38)9-5-25/h3-12,17,19,28,31-32H,13-16,20-21H2,1-2H3,(H,43,49)/t31-,32+/m0/s1. The lowest BCUT2D eigenvalue weighted by atomic mass is 9.99. The molecule has 262 valence electrons. The van der Waals surface area contributed by atoms with E-state index < -0.39 is 29.6 Å². The molecule has 2 saturated heterocycles. The van der Waals surface area contributed by atoms with Crippen LogP contribution in [0.4, 0.5) is 24.5 Å². The Kier molecular flexibility index (Phi) is 8.76. The van der Waals surface area contributed by atoms with Crippen LogP contribution >= 0.6 is 0 Å². The molecule has 7 rings (SSSR count). The van der Waals surface area contributed by atoms with E-state index in [1.54, 1.807) is 16.5 Å². The van der Waals surface area contributed by atoms with Gasteiger partial charge in [-0.2, -0.15) is 19.1 Å². The maximum atomic E-state index is 15.5. The number of aromatic nitrogens is 2. The molecular formula is C37H34F3N7O4. The normalized spacial score (nSPS) is 19.3. The number of methoxy groups -OCH3 is 1. The molecule has 0 radical (unpaired) electrons. The highest BCUT2D eigenvalue weighted by Gasteiger charge is 2.49. The van der Waals surface area contributed by atoms with E-state index in [4.69, 9.17) is 4.74 Å². The number of anilines is 2. The van der Waals surface area contributed by atoms with Crippen LogP contribution in [0.5, 0.6) is 5.75 Å². The van der Waals surface area contributed by atoms with Gasteiger partial charge in [-0.15, -0.1) is 0 Å². The van der Waals surface area contributed by atoms with Gasteiger partial charge in [0.15, 0.2) is 5.69 Å². The summed E-state index contributed by atoms with van der Waals surface area (Å²) in [7, 11) is 1.42. The largest absolute Gasteiger partial charge is 0.495 e. The minimum atomic E-state index is -3.41. The van der Waals surface area contributed by atoms with Crippen LogP contribution in [-0.4, -0.2) is 82.7 Å². The number of alkyl halides is 2. The zero-order valence-corrected chi connectivity index (χ0v) is 27.9. The minimum absolute atomic E-state index is 0.0306. The second-order valence-electron chi connectivity index (χ2n) is 13.0. The summed E-state index contributed by atoms with van der Waals surface area (Å²) >= 11 is 0. The van der Waals surface area contributed by atoms with Gasteiger partial charge < -0.3 is 19.9 Å². The van der Waals surface area contributed by atoms with Gasteiger partial charge in [-0.25, -0.2) is 4.39 Å². The van der Waals surface area contributed by atoms with E-state index in [0.717, 1.165) is 37.1 Å². The van der Waals surface area contributed by atoms with Gasteiger partial charge >= 0.3 is 0 Å². The molecule has 2 fully saturated rings. The third-order valence-corrected chi connectivity index (χ3v) is 10.1. The number of benzene rings is 3. The van der Waals surface area contributed by atoms with Crippen molar-refractivity contribution in [3.8, 4) is 11.8 Å². The van der Waals surface area contributed by atoms with Crippen LogP contribution in [-0.2, 0) is 10.7 Å². The average Bonchev–Trinajstić information content (AvgIpc) is 3.77. The first-order valence-corrected chi connectivity index (χ1v) is 16.5. The molecule has 1 N–H and O–H groups in total. The minimum Gasteiger partial charge on any atom is -0.495 e. The third kappa shape index (κ3) is 6.07. The van der Waals surface area contributed by atoms with Crippen molar-refractivity contribution in [3.05, 3.63) is 107 Å². The number of amides is 3. The number of halogens is 3.